The van der Waals surface area contributed by atoms with E-state index >= 15 is 0 Å². The lowest BCUT2D eigenvalue weighted by atomic mass is 9.96. The van der Waals surface area contributed by atoms with Gasteiger partial charge in [-0.3, -0.25) is 4.98 Å². The summed E-state index contributed by atoms with van der Waals surface area (Å²) in [6.07, 6.45) is 9.02. The maximum absolute atomic E-state index is 4.10. The topological polar surface area (TPSA) is 31.4 Å². The molecule has 2 saturated heterocycles. The highest BCUT2D eigenvalue weighted by atomic mass is 15.1. The monoisotopic (exact) mass is 288 g/mol. The van der Waals surface area contributed by atoms with E-state index < -0.39 is 0 Å². The molecule has 2 aliphatic rings. The van der Waals surface area contributed by atoms with Crippen molar-refractivity contribution < 1.29 is 0 Å². The first kappa shape index (κ1) is 14.8. The summed E-state index contributed by atoms with van der Waals surface area (Å²) in [5.74, 6) is 0.888. The minimum Gasteiger partial charge on any atom is -0.371 e. The molecule has 1 N–H and O–H groups in total. The number of hydrogen-bond acceptors (Lipinski definition) is 4. The van der Waals surface area contributed by atoms with Gasteiger partial charge in [-0.05, 0) is 70.4 Å². The van der Waals surface area contributed by atoms with Gasteiger partial charge in [-0.1, -0.05) is 0 Å². The van der Waals surface area contributed by atoms with Crippen molar-refractivity contribution >= 4 is 5.69 Å². The van der Waals surface area contributed by atoms with E-state index in [1.165, 1.54) is 51.0 Å². The molecule has 1 aromatic rings. The van der Waals surface area contributed by atoms with Crippen LogP contribution >= 0.6 is 0 Å². The van der Waals surface area contributed by atoms with Crippen LogP contribution in [0.15, 0.2) is 24.5 Å². The Morgan fingerprint density at radius 1 is 1.05 bits per heavy atom. The zero-order valence-electron chi connectivity index (χ0n) is 13.2. The predicted molar refractivity (Wildman–Crippen MR) is 87.7 cm³/mol. The van der Waals surface area contributed by atoms with Crippen molar-refractivity contribution in [1.82, 2.24) is 15.2 Å². The highest BCUT2D eigenvalue weighted by Crippen LogP contribution is 2.20. The van der Waals surface area contributed by atoms with Crippen molar-refractivity contribution in [3.05, 3.63) is 24.5 Å². The molecule has 116 valence electrons. The highest BCUT2D eigenvalue weighted by molar-refractivity contribution is 5.44. The third-order valence-corrected chi connectivity index (χ3v) is 5.06. The number of piperidine rings is 2. The molecule has 0 unspecified atom stereocenters. The number of nitrogens with one attached hydrogen (secondary N) is 1. The summed E-state index contributed by atoms with van der Waals surface area (Å²) in [7, 11) is 2.23. The summed E-state index contributed by atoms with van der Waals surface area (Å²) in [5, 5.41) is 3.82. The van der Waals surface area contributed by atoms with Gasteiger partial charge in [0.15, 0.2) is 0 Å². The molecule has 0 radical (unpaired) electrons. The van der Waals surface area contributed by atoms with Gasteiger partial charge in [0.2, 0.25) is 0 Å². The molecule has 2 fully saturated rings. The largest absolute Gasteiger partial charge is 0.371 e. The van der Waals surface area contributed by atoms with E-state index in [1.807, 2.05) is 12.4 Å². The summed E-state index contributed by atoms with van der Waals surface area (Å²) < 4.78 is 0. The summed E-state index contributed by atoms with van der Waals surface area (Å²) in [5.41, 5.74) is 1.32. The van der Waals surface area contributed by atoms with E-state index in [2.05, 4.69) is 39.3 Å². The predicted octanol–water partition coefficient (Wildman–Crippen LogP) is 1.98. The van der Waals surface area contributed by atoms with Crippen LogP contribution in [-0.4, -0.2) is 55.7 Å². The lowest BCUT2D eigenvalue weighted by molar-refractivity contribution is 0.210. The SMILES string of the molecule is CN1CCC(CNC2CCN(c3ccncc3)CC2)CC1. The lowest BCUT2D eigenvalue weighted by Crippen LogP contribution is -2.45. The number of pyridine rings is 1. The Bertz CT molecular complexity index is 406. The van der Waals surface area contributed by atoms with E-state index in [4.69, 9.17) is 0 Å². The van der Waals surface area contributed by atoms with Gasteiger partial charge in [0, 0.05) is 37.2 Å². The number of hydrogen-bond donors (Lipinski definition) is 1. The molecule has 0 aromatic carbocycles. The van der Waals surface area contributed by atoms with E-state index in [0.717, 1.165) is 19.0 Å². The van der Waals surface area contributed by atoms with Crippen LogP contribution in [0.5, 0.6) is 0 Å². The van der Waals surface area contributed by atoms with Crippen LogP contribution in [0.25, 0.3) is 0 Å². The van der Waals surface area contributed by atoms with Crippen molar-refractivity contribution in [2.75, 3.05) is 44.7 Å². The maximum Gasteiger partial charge on any atom is 0.0397 e. The number of aromatic nitrogens is 1. The second kappa shape index (κ2) is 7.23. The molecule has 1 aromatic heterocycles. The third kappa shape index (κ3) is 4.17. The average Bonchev–Trinajstić information content (AvgIpc) is 2.56. The van der Waals surface area contributed by atoms with Crippen LogP contribution in [-0.2, 0) is 0 Å². The van der Waals surface area contributed by atoms with Gasteiger partial charge in [0.1, 0.15) is 0 Å². The minimum absolute atomic E-state index is 0.711. The Labute approximate surface area is 128 Å². The molecule has 0 spiro atoms. The van der Waals surface area contributed by atoms with Gasteiger partial charge in [-0.25, -0.2) is 0 Å². The van der Waals surface area contributed by atoms with Gasteiger partial charge < -0.3 is 15.1 Å². The Morgan fingerprint density at radius 2 is 1.71 bits per heavy atom. The minimum atomic E-state index is 0.711. The van der Waals surface area contributed by atoms with Gasteiger partial charge in [-0.2, -0.15) is 0 Å². The first-order chi connectivity index (χ1) is 10.3. The van der Waals surface area contributed by atoms with Gasteiger partial charge in [-0.15, -0.1) is 0 Å². The van der Waals surface area contributed by atoms with E-state index in [-0.39, 0.29) is 0 Å². The summed E-state index contributed by atoms with van der Waals surface area (Å²) >= 11 is 0. The van der Waals surface area contributed by atoms with Gasteiger partial charge in [0.25, 0.3) is 0 Å². The second-order valence-corrected chi connectivity index (χ2v) is 6.62. The van der Waals surface area contributed by atoms with Crippen molar-refractivity contribution in [2.24, 2.45) is 5.92 Å². The number of nitrogens with zero attached hydrogens (tertiary/aromatic N) is 3. The van der Waals surface area contributed by atoms with Crippen molar-refractivity contribution in [3.63, 3.8) is 0 Å². The van der Waals surface area contributed by atoms with E-state index in [1.54, 1.807) is 0 Å². The third-order valence-electron chi connectivity index (χ3n) is 5.06. The fourth-order valence-electron chi connectivity index (χ4n) is 3.50. The number of likely N-dealkylation sites (tertiary alicyclic amines) is 1. The van der Waals surface area contributed by atoms with Crippen molar-refractivity contribution in [1.29, 1.82) is 0 Å². The van der Waals surface area contributed by atoms with E-state index in [9.17, 15) is 0 Å². The number of anilines is 1. The molecule has 4 nitrogen and oxygen atoms in total. The Balaban J connectivity index is 1.38. The molecule has 0 aliphatic carbocycles. The first-order valence-electron chi connectivity index (χ1n) is 8.38. The molecule has 0 bridgehead atoms. The Morgan fingerprint density at radius 3 is 2.38 bits per heavy atom. The smallest absolute Gasteiger partial charge is 0.0397 e. The average molecular weight is 288 g/mol. The van der Waals surface area contributed by atoms with Crippen LogP contribution < -0.4 is 10.2 Å². The fraction of sp³-hybridized carbons (Fsp3) is 0.706. The van der Waals surface area contributed by atoms with Gasteiger partial charge >= 0.3 is 0 Å². The van der Waals surface area contributed by atoms with Gasteiger partial charge in [0.05, 0.1) is 0 Å². The zero-order chi connectivity index (χ0) is 14.5. The first-order valence-corrected chi connectivity index (χ1v) is 8.38. The zero-order valence-corrected chi connectivity index (χ0v) is 13.2. The molecule has 0 amide bonds. The van der Waals surface area contributed by atoms with Crippen molar-refractivity contribution in [3.8, 4) is 0 Å². The molecule has 3 heterocycles. The molecule has 2 aliphatic heterocycles. The second-order valence-electron chi connectivity index (χ2n) is 6.62. The summed E-state index contributed by atoms with van der Waals surface area (Å²) in [6, 6.07) is 4.95. The molecular weight excluding hydrogens is 260 g/mol. The van der Waals surface area contributed by atoms with Crippen LogP contribution in [0.1, 0.15) is 25.7 Å². The molecular formula is C17H28N4. The summed E-state index contributed by atoms with van der Waals surface area (Å²) in [4.78, 5) is 9.03. The van der Waals surface area contributed by atoms with E-state index in [0.29, 0.717) is 6.04 Å². The number of rotatable bonds is 4. The molecule has 4 heteroatoms. The summed E-state index contributed by atoms with van der Waals surface area (Å²) in [6.45, 7) is 6.08. The van der Waals surface area contributed by atoms with Crippen molar-refractivity contribution in [2.45, 2.75) is 31.7 Å². The molecule has 0 saturated carbocycles. The molecule has 3 rings (SSSR count). The quantitative estimate of drug-likeness (QED) is 0.918. The Hall–Kier alpha value is -1.13. The maximum atomic E-state index is 4.10. The standard InChI is InChI=1S/C17H28N4/c1-20-10-4-15(5-11-20)14-19-16-6-12-21(13-7-16)17-2-8-18-9-3-17/h2-3,8-9,15-16,19H,4-7,10-14H2,1H3. The van der Waals surface area contributed by atoms with Crippen LogP contribution in [0.3, 0.4) is 0 Å². The van der Waals surface area contributed by atoms with Crippen LogP contribution in [0.2, 0.25) is 0 Å². The lowest BCUT2D eigenvalue weighted by Gasteiger charge is -2.35. The Kier molecular flexibility index (Phi) is 5.09. The molecule has 0 atom stereocenters. The normalized spacial score (nSPS) is 22.6. The van der Waals surface area contributed by atoms with Crippen LogP contribution in [0.4, 0.5) is 5.69 Å². The van der Waals surface area contributed by atoms with Crippen LogP contribution in [0, 0.1) is 5.92 Å². The highest BCUT2D eigenvalue weighted by Gasteiger charge is 2.21. The fourth-order valence-corrected chi connectivity index (χ4v) is 3.50. The molecule has 21 heavy (non-hydrogen) atoms.